The SMILES string of the molecule is COc1cccc(CCC(=O)CC(C)=O)c1. The van der Waals surface area contributed by atoms with Gasteiger partial charge in [-0.1, -0.05) is 12.1 Å². The van der Waals surface area contributed by atoms with Gasteiger partial charge in [0.05, 0.1) is 13.5 Å². The van der Waals surface area contributed by atoms with E-state index in [1.165, 1.54) is 6.92 Å². The van der Waals surface area contributed by atoms with Gasteiger partial charge in [0, 0.05) is 6.42 Å². The van der Waals surface area contributed by atoms with Crippen molar-refractivity contribution < 1.29 is 14.3 Å². The Kier molecular flexibility index (Phi) is 4.70. The molecule has 1 aromatic rings. The first kappa shape index (κ1) is 12.4. The van der Waals surface area contributed by atoms with E-state index in [1.807, 2.05) is 24.3 Å². The molecule has 0 unspecified atom stereocenters. The van der Waals surface area contributed by atoms with Crippen LogP contribution >= 0.6 is 0 Å². The fourth-order valence-corrected chi connectivity index (χ4v) is 1.48. The Morgan fingerprint density at radius 1 is 1.31 bits per heavy atom. The predicted molar refractivity (Wildman–Crippen MR) is 61.6 cm³/mol. The molecule has 0 aromatic heterocycles. The average Bonchev–Trinajstić information content (AvgIpc) is 2.26. The van der Waals surface area contributed by atoms with Crippen molar-refractivity contribution in [1.29, 1.82) is 0 Å². The Bertz CT molecular complexity index is 383. The van der Waals surface area contributed by atoms with E-state index >= 15 is 0 Å². The van der Waals surface area contributed by atoms with E-state index in [0.717, 1.165) is 11.3 Å². The van der Waals surface area contributed by atoms with Crippen molar-refractivity contribution in [2.24, 2.45) is 0 Å². The quantitative estimate of drug-likeness (QED) is 0.690. The highest BCUT2D eigenvalue weighted by Gasteiger charge is 2.05. The normalized spacial score (nSPS) is 9.88. The Labute approximate surface area is 95.4 Å². The summed E-state index contributed by atoms with van der Waals surface area (Å²) in [4.78, 5) is 22.1. The Morgan fingerprint density at radius 2 is 2.06 bits per heavy atom. The molecule has 16 heavy (non-hydrogen) atoms. The molecule has 3 heteroatoms. The van der Waals surface area contributed by atoms with Gasteiger partial charge in [0.15, 0.2) is 0 Å². The molecule has 0 heterocycles. The van der Waals surface area contributed by atoms with Crippen molar-refractivity contribution in [2.45, 2.75) is 26.2 Å². The highest BCUT2D eigenvalue weighted by Crippen LogP contribution is 2.14. The van der Waals surface area contributed by atoms with Crippen molar-refractivity contribution in [1.82, 2.24) is 0 Å². The zero-order valence-corrected chi connectivity index (χ0v) is 9.66. The van der Waals surface area contributed by atoms with E-state index in [9.17, 15) is 9.59 Å². The van der Waals surface area contributed by atoms with Gasteiger partial charge in [-0.2, -0.15) is 0 Å². The van der Waals surface area contributed by atoms with Gasteiger partial charge in [-0.15, -0.1) is 0 Å². The molecule has 0 atom stereocenters. The molecule has 0 fully saturated rings. The monoisotopic (exact) mass is 220 g/mol. The number of carbonyl (C=O) groups is 2. The fraction of sp³-hybridized carbons (Fsp3) is 0.385. The highest BCUT2D eigenvalue weighted by molar-refractivity contribution is 5.97. The Hall–Kier alpha value is -1.64. The van der Waals surface area contributed by atoms with Crippen LogP contribution in [0.15, 0.2) is 24.3 Å². The largest absolute Gasteiger partial charge is 0.497 e. The van der Waals surface area contributed by atoms with E-state index in [-0.39, 0.29) is 18.0 Å². The van der Waals surface area contributed by atoms with E-state index in [1.54, 1.807) is 7.11 Å². The molecular formula is C13H16O3. The number of ether oxygens (including phenoxy) is 1. The third-order valence-electron chi connectivity index (χ3n) is 2.27. The lowest BCUT2D eigenvalue weighted by molar-refractivity contribution is -0.125. The maximum Gasteiger partial charge on any atom is 0.140 e. The maximum atomic E-state index is 11.3. The minimum atomic E-state index is -0.0735. The average molecular weight is 220 g/mol. The Balaban J connectivity index is 2.47. The molecule has 0 amide bonds. The van der Waals surface area contributed by atoms with Crippen LogP contribution in [0.1, 0.15) is 25.3 Å². The summed E-state index contributed by atoms with van der Waals surface area (Å²) in [5, 5.41) is 0. The van der Waals surface area contributed by atoms with Crippen LogP contribution in [-0.4, -0.2) is 18.7 Å². The molecule has 1 rings (SSSR count). The lowest BCUT2D eigenvalue weighted by atomic mass is 10.0. The van der Waals surface area contributed by atoms with Crippen molar-refractivity contribution in [3.63, 3.8) is 0 Å². The lowest BCUT2D eigenvalue weighted by Gasteiger charge is -2.03. The van der Waals surface area contributed by atoms with Gasteiger partial charge < -0.3 is 4.74 Å². The maximum absolute atomic E-state index is 11.3. The van der Waals surface area contributed by atoms with Gasteiger partial charge in [0.25, 0.3) is 0 Å². The molecule has 1 aromatic carbocycles. The number of aryl methyl sites for hydroxylation is 1. The van der Waals surface area contributed by atoms with Gasteiger partial charge in [-0.05, 0) is 31.0 Å². The minimum absolute atomic E-state index is 0.00433. The molecule has 0 N–H and O–H groups in total. The van der Waals surface area contributed by atoms with Crippen LogP contribution in [0.4, 0.5) is 0 Å². The number of hydrogen-bond acceptors (Lipinski definition) is 3. The summed E-state index contributed by atoms with van der Waals surface area (Å²) in [6.07, 6.45) is 1.11. The minimum Gasteiger partial charge on any atom is -0.497 e. The fourth-order valence-electron chi connectivity index (χ4n) is 1.48. The summed E-state index contributed by atoms with van der Waals surface area (Å²) in [5.41, 5.74) is 1.05. The molecule has 0 spiro atoms. The second-order valence-corrected chi connectivity index (χ2v) is 3.77. The number of rotatable bonds is 6. The van der Waals surface area contributed by atoms with Crippen molar-refractivity contribution in [3.05, 3.63) is 29.8 Å². The summed E-state index contributed by atoms with van der Waals surface area (Å²) in [6, 6.07) is 7.61. The van der Waals surface area contributed by atoms with Crippen LogP contribution in [0, 0.1) is 0 Å². The number of methoxy groups -OCH3 is 1. The first-order valence-electron chi connectivity index (χ1n) is 5.26. The van der Waals surface area contributed by atoms with E-state index in [0.29, 0.717) is 12.8 Å². The van der Waals surface area contributed by atoms with E-state index < -0.39 is 0 Å². The molecular weight excluding hydrogens is 204 g/mol. The first-order valence-corrected chi connectivity index (χ1v) is 5.26. The number of ketones is 2. The Morgan fingerprint density at radius 3 is 2.69 bits per heavy atom. The van der Waals surface area contributed by atoms with Crippen LogP contribution < -0.4 is 4.74 Å². The molecule has 0 aliphatic heterocycles. The number of carbonyl (C=O) groups excluding carboxylic acids is 2. The second kappa shape index (κ2) is 6.05. The van der Waals surface area contributed by atoms with Crippen LogP contribution in [0.2, 0.25) is 0 Å². The second-order valence-electron chi connectivity index (χ2n) is 3.77. The molecule has 0 saturated heterocycles. The topological polar surface area (TPSA) is 43.4 Å². The van der Waals surface area contributed by atoms with Gasteiger partial charge in [-0.25, -0.2) is 0 Å². The molecule has 3 nitrogen and oxygen atoms in total. The van der Waals surface area contributed by atoms with E-state index in [4.69, 9.17) is 4.74 Å². The van der Waals surface area contributed by atoms with Crippen LogP contribution in [-0.2, 0) is 16.0 Å². The number of hydrogen-bond donors (Lipinski definition) is 0. The summed E-state index contributed by atoms with van der Waals surface area (Å²) < 4.78 is 5.09. The number of Topliss-reactive ketones (excluding diaryl/α,β-unsaturated/α-hetero) is 2. The van der Waals surface area contributed by atoms with Crippen LogP contribution in [0.25, 0.3) is 0 Å². The zero-order chi connectivity index (χ0) is 12.0. The molecule has 0 aliphatic rings. The summed E-state index contributed by atoms with van der Waals surface area (Å²) in [6.45, 7) is 1.43. The van der Waals surface area contributed by atoms with Crippen molar-refractivity contribution in [2.75, 3.05) is 7.11 Å². The van der Waals surface area contributed by atoms with Crippen LogP contribution in [0.5, 0.6) is 5.75 Å². The zero-order valence-electron chi connectivity index (χ0n) is 9.66. The molecule has 0 aliphatic carbocycles. The molecule has 0 bridgehead atoms. The third-order valence-corrected chi connectivity index (χ3v) is 2.27. The standard InChI is InChI=1S/C13H16O3/c1-10(14)8-12(15)7-6-11-4-3-5-13(9-11)16-2/h3-5,9H,6-8H2,1-2H3. The summed E-state index contributed by atoms with van der Waals surface area (Å²) >= 11 is 0. The number of benzene rings is 1. The first-order chi connectivity index (χ1) is 7.61. The summed E-state index contributed by atoms with van der Waals surface area (Å²) in [5.74, 6) is 0.711. The van der Waals surface area contributed by atoms with E-state index in [2.05, 4.69) is 0 Å². The molecule has 0 saturated carbocycles. The summed E-state index contributed by atoms with van der Waals surface area (Å²) in [7, 11) is 1.61. The van der Waals surface area contributed by atoms with Crippen molar-refractivity contribution >= 4 is 11.6 Å². The molecule has 0 radical (unpaired) electrons. The third kappa shape index (κ3) is 4.26. The van der Waals surface area contributed by atoms with Crippen molar-refractivity contribution in [3.8, 4) is 5.75 Å². The predicted octanol–water partition coefficient (Wildman–Crippen LogP) is 2.18. The van der Waals surface area contributed by atoms with Crippen LogP contribution in [0.3, 0.4) is 0 Å². The van der Waals surface area contributed by atoms with Gasteiger partial charge >= 0.3 is 0 Å². The lowest BCUT2D eigenvalue weighted by Crippen LogP contribution is -2.05. The highest BCUT2D eigenvalue weighted by atomic mass is 16.5. The molecule has 86 valence electrons. The van der Waals surface area contributed by atoms with Gasteiger partial charge in [0.1, 0.15) is 17.3 Å². The van der Waals surface area contributed by atoms with Gasteiger partial charge in [0.2, 0.25) is 0 Å². The smallest absolute Gasteiger partial charge is 0.140 e. The van der Waals surface area contributed by atoms with Gasteiger partial charge in [-0.3, -0.25) is 9.59 Å².